The number of pyridine rings is 1. The Bertz CT molecular complexity index is 1870. The van der Waals surface area contributed by atoms with Crippen LogP contribution in [0.25, 0.3) is 28.0 Å². The van der Waals surface area contributed by atoms with Crippen LogP contribution >= 0.6 is 11.6 Å². The maximum Gasteiger partial charge on any atom is 0.337 e. The number of rotatable bonds is 3. The number of aryl methyl sites for hydroxylation is 3. The Morgan fingerprint density at radius 2 is 1.73 bits per heavy atom. The molecule has 2 aromatic heterocycles. The molecule has 49 heavy (non-hydrogen) atoms. The highest BCUT2D eigenvalue weighted by molar-refractivity contribution is 6.32. The summed E-state index contributed by atoms with van der Waals surface area (Å²) in [5.74, 6) is 0.523. The zero-order valence-corrected chi connectivity index (χ0v) is 30.9. The molecule has 1 saturated heterocycles. The zero-order chi connectivity index (χ0) is 35.2. The average Bonchev–Trinajstić information content (AvgIpc) is 3.35. The third-order valence-electron chi connectivity index (χ3n) is 9.98. The van der Waals surface area contributed by atoms with Crippen LogP contribution in [0.4, 0.5) is 5.82 Å². The molecule has 5 heterocycles. The first-order valence-electron chi connectivity index (χ1n) is 17.5. The van der Waals surface area contributed by atoms with Crippen molar-refractivity contribution in [1.82, 2.24) is 9.38 Å². The molecule has 9 heteroatoms. The fraction of sp³-hybridized carbons (Fsp3) is 0.500. The van der Waals surface area contributed by atoms with E-state index in [1.165, 1.54) is 11.1 Å². The Balaban J connectivity index is 1.58. The highest BCUT2D eigenvalue weighted by Crippen LogP contribution is 2.43. The summed E-state index contributed by atoms with van der Waals surface area (Å²) in [6.45, 7) is 18.2. The number of aromatic nitrogens is 2. The van der Waals surface area contributed by atoms with Crippen molar-refractivity contribution < 1.29 is 24.1 Å². The maximum atomic E-state index is 12.9. The minimum Gasteiger partial charge on any atom is -0.490 e. The summed E-state index contributed by atoms with van der Waals surface area (Å²) in [5, 5.41) is 11.0. The van der Waals surface area contributed by atoms with Crippen LogP contribution < -0.4 is 9.64 Å². The number of halogens is 1. The number of anilines is 1. The number of carboxylic acids is 1. The van der Waals surface area contributed by atoms with Crippen LogP contribution in [0.3, 0.4) is 0 Å². The van der Waals surface area contributed by atoms with Crippen molar-refractivity contribution >= 4 is 29.0 Å². The van der Waals surface area contributed by atoms with Crippen molar-refractivity contribution in [3.8, 4) is 28.1 Å². The van der Waals surface area contributed by atoms with Crippen molar-refractivity contribution in [2.45, 2.75) is 111 Å². The molecule has 6 bridgehead atoms. The first-order valence-corrected chi connectivity index (χ1v) is 17.9. The number of ether oxygens (including phenoxy) is 3. The molecule has 2 aromatic carbocycles. The molecule has 1 fully saturated rings. The van der Waals surface area contributed by atoms with E-state index in [4.69, 9.17) is 30.8 Å². The second-order valence-electron chi connectivity index (χ2n) is 15.2. The highest BCUT2D eigenvalue weighted by atomic mass is 35.5. The van der Waals surface area contributed by atoms with Crippen molar-refractivity contribution in [3.05, 3.63) is 69.9 Å². The van der Waals surface area contributed by atoms with E-state index in [1.807, 2.05) is 50.3 Å². The predicted molar refractivity (Wildman–Crippen MR) is 196 cm³/mol. The van der Waals surface area contributed by atoms with Gasteiger partial charge in [-0.25, -0.2) is 9.78 Å². The molecular formula is C40H50ClN3O5. The lowest BCUT2D eigenvalue weighted by atomic mass is 9.92. The van der Waals surface area contributed by atoms with Gasteiger partial charge in [-0.05, 0) is 134 Å². The van der Waals surface area contributed by atoms with Crippen molar-refractivity contribution in [2.24, 2.45) is 0 Å². The normalized spacial score (nSPS) is 21.0. The Hall–Kier alpha value is -3.59. The van der Waals surface area contributed by atoms with Gasteiger partial charge in [0, 0.05) is 36.4 Å². The minimum absolute atomic E-state index is 0.0501. The number of nitrogens with zero attached hydrogens (tertiary/aromatic N) is 3. The summed E-state index contributed by atoms with van der Waals surface area (Å²) in [7, 11) is 0. The first-order chi connectivity index (χ1) is 23.1. The third kappa shape index (κ3) is 7.33. The highest BCUT2D eigenvalue weighted by Gasteiger charge is 2.38. The largest absolute Gasteiger partial charge is 0.490 e. The van der Waals surface area contributed by atoms with Crippen LogP contribution in [-0.4, -0.2) is 57.5 Å². The molecule has 0 spiro atoms. The van der Waals surface area contributed by atoms with Crippen LogP contribution in [-0.2, 0) is 14.3 Å². The summed E-state index contributed by atoms with van der Waals surface area (Å²) in [5.41, 5.74) is 6.95. The number of aliphatic carboxylic acids is 1. The van der Waals surface area contributed by atoms with Gasteiger partial charge in [0.15, 0.2) is 6.10 Å². The van der Waals surface area contributed by atoms with Gasteiger partial charge in [0.2, 0.25) is 0 Å². The van der Waals surface area contributed by atoms with Crippen LogP contribution in [0.15, 0.2) is 42.5 Å². The lowest BCUT2D eigenvalue weighted by Gasteiger charge is -2.42. The van der Waals surface area contributed by atoms with Crippen molar-refractivity contribution in [2.75, 3.05) is 24.6 Å². The van der Waals surface area contributed by atoms with E-state index in [-0.39, 0.29) is 11.7 Å². The number of fused-ring (bicyclic) bond motifs is 8. The summed E-state index contributed by atoms with van der Waals surface area (Å²) in [4.78, 5) is 20.3. The monoisotopic (exact) mass is 687 g/mol. The van der Waals surface area contributed by atoms with Gasteiger partial charge in [0.25, 0.3) is 0 Å². The van der Waals surface area contributed by atoms with Gasteiger partial charge in [0.05, 0.1) is 17.3 Å². The molecule has 8 nitrogen and oxygen atoms in total. The van der Waals surface area contributed by atoms with E-state index in [9.17, 15) is 9.90 Å². The number of carboxylic acid groups (broad SMARTS) is 1. The lowest BCUT2D eigenvalue weighted by molar-refractivity contribution is -0.160. The zero-order valence-electron chi connectivity index (χ0n) is 30.2. The third-order valence-corrected chi connectivity index (χ3v) is 10.3. The quantitative estimate of drug-likeness (QED) is 0.230. The van der Waals surface area contributed by atoms with E-state index in [2.05, 4.69) is 56.9 Å². The molecule has 4 aromatic rings. The van der Waals surface area contributed by atoms with Crippen molar-refractivity contribution in [1.29, 1.82) is 0 Å². The maximum absolute atomic E-state index is 12.9. The molecule has 3 aliphatic rings. The lowest BCUT2D eigenvalue weighted by Crippen LogP contribution is -2.45. The first kappa shape index (κ1) is 35.2. The molecule has 7 rings (SSSR count). The van der Waals surface area contributed by atoms with Crippen LogP contribution in [0.5, 0.6) is 5.75 Å². The van der Waals surface area contributed by atoms with E-state index < -0.39 is 17.7 Å². The number of hydrogen-bond acceptors (Lipinski definition) is 6. The molecule has 3 aliphatic heterocycles. The smallest absolute Gasteiger partial charge is 0.337 e. The van der Waals surface area contributed by atoms with Gasteiger partial charge in [-0.2, -0.15) is 0 Å². The fourth-order valence-corrected chi connectivity index (χ4v) is 7.42. The molecular weight excluding hydrogens is 638 g/mol. The predicted octanol–water partition coefficient (Wildman–Crippen LogP) is 9.51. The summed E-state index contributed by atoms with van der Waals surface area (Å²) >= 11 is 7.37. The van der Waals surface area contributed by atoms with Crippen LogP contribution in [0, 0.1) is 20.8 Å². The standard InChI is InChI=1S/C40H50ClN3O5/c1-24-20-30-28-13-11-14-29(23-28)34-36(41)44-32(42-34)22-26(3)33(35(38(45)46)49-39(5,6)7)37(44)43-17-15-40(8,16-18-43)47-19-10-9-12-27(4)48-31(30)21-25(24)2/h11,13-14,20-23,27,35H,9-10,12,15-19H2,1-8H3,(H,45,46)/t27-,35+/m1/s1. The Labute approximate surface area is 295 Å². The van der Waals surface area contributed by atoms with E-state index >= 15 is 0 Å². The molecule has 262 valence electrons. The number of imidazole rings is 1. The second kappa shape index (κ2) is 13.6. The van der Waals surface area contributed by atoms with Gasteiger partial charge in [0.1, 0.15) is 28.1 Å². The average molecular weight is 688 g/mol. The summed E-state index contributed by atoms with van der Waals surface area (Å²) in [6.07, 6.45) is 3.31. The molecule has 0 aliphatic carbocycles. The van der Waals surface area contributed by atoms with Gasteiger partial charge >= 0.3 is 5.97 Å². The number of hydrogen-bond donors (Lipinski definition) is 1. The molecule has 0 radical (unpaired) electrons. The summed E-state index contributed by atoms with van der Waals surface area (Å²) in [6, 6.07) is 14.5. The number of piperidine rings is 1. The SMILES string of the molecule is Cc1cc2c(cc1C)-c1cccc(c1)-c1nc3cc(C)c([C@H](OC(C)(C)C)C(=O)O)c(n3c1Cl)N1CCC(C)(CC1)OCCCC[C@@H](C)O2. The van der Waals surface area contributed by atoms with Crippen LogP contribution in [0.1, 0.15) is 95.1 Å². The van der Waals surface area contributed by atoms with Gasteiger partial charge in [-0.1, -0.05) is 29.8 Å². The van der Waals surface area contributed by atoms with Gasteiger partial charge in [-0.3, -0.25) is 4.40 Å². The van der Waals surface area contributed by atoms with Crippen LogP contribution in [0.2, 0.25) is 5.15 Å². The molecule has 0 unspecified atom stereocenters. The summed E-state index contributed by atoms with van der Waals surface area (Å²) < 4.78 is 21.4. The second-order valence-corrected chi connectivity index (χ2v) is 15.5. The number of benzene rings is 2. The molecule has 2 atom stereocenters. The van der Waals surface area contributed by atoms with E-state index in [1.54, 1.807) is 0 Å². The molecule has 0 saturated carbocycles. The topological polar surface area (TPSA) is 85.5 Å². The molecule has 1 N–H and O–H groups in total. The fourth-order valence-electron chi connectivity index (χ4n) is 7.10. The van der Waals surface area contributed by atoms with E-state index in [0.29, 0.717) is 47.6 Å². The minimum atomic E-state index is -1.20. The molecule has 0 amide bonds. The Morgan fingerprint density at radius 1 is 1.04 bits per heavy atom. The van der Waals surface area contributed by atoms with E-state index in [0.717, 1.165) is 60.1 Å². The number of carbonyl (C=O) groups is 1. The van der Waals surface area contributed by atoms with Gasteiger partial charge < -0.3 is 24.2 Å². The van der Waals surface area contributed by atoms with Crippen molar-refractivity contribution in [3.63, 3.8) is 0 Å². The Kier molecular flexibility index (Phi) is 9.79. The van der Waals surface area contributed by atoms with Gasteiger partial charge in [-0.15, -0.1) is 0 Å². The Morgan fingerprint density at radius 3 is 2.43 bits per heavy atom.